The van der Waals surface area contributed by atoms with Crippen LogP contribution in [0.4, 0.5) is 0 Å². The third-order valence-corrected chi connectivity index (χ3v) is 4.75. The van der Waals surface area contributed by atoms with Crippen LogP contribution >= 0.6 is 15.9 Å². The van der Waals surface area contributed by atoms with Crippen molar-refractivity contribution in [1.29, 1.82) is 0 Å². The Morgan fingerprint density at radius 1 is 1.32 bits per heavy atom. The second-order valence-electron chi connectivity index (χ2n) is 5.46. The van der Waals surface area contributed by atoms with Gasteiger partial charge in [0, 0.05) is 32.2 Å². The Kier molecular flexibility index (Phi) is 4.10. The number of benzene rings is 1. The molecule has 1 atom stereocenters. The molecular weight excluding hydrogens is 304 g/mol. The minimum Gasteiger partial charge on any atom is -0.496 e. The minimum atomic E-state index is 0.587. The van der Waals surface area contributed by atoms with Gasteiger partial charge in [0.1, 0.15) is 5.75 Å². The molecule has 0 unspecified atom stereocenters. The molecule has 1 saturated heterocycles. The Labute approximate surface area is 123 Å². The molecule has 1 aliphatic heterocycles. The Morgan fingerprint density at radius 3 is 2.63 bits per heavy atom. The third kappa shape index (κ3) is 2.96. The Balaban J connectivity index is 1.84. The largest absolute Gasteiger partial charge is 0.496 e. The number of ether oxygens (including phenoxy) is 1. The van der Waals surface area contributed by atoms with E-state index in [-0.39, 0.29) is 0 Å². The van der Waals surface area contributed by atoms with Gasteiger partial charge in [-0.3, -0.25) is 4.90 Å². The van der Waals surface area contributed by atoms with Gasteiger partial charge in [-0.1, -0.05) is 6.07 Å². The third-order valence-electron chi connectivity index (χ3n) is 4.13. The SMILES string of the molecule is COc1ccc([C@H](C2CC2)N2CCNCC2)cc1Br. The van der Waals surface area contributed by atoms with Crippen molar-refractivity contribution in [2.75, 3.05) is 33.3 Å². The van der Waals surface area contributed by atoms with Crippen LogP contribution in [0.3, 0.4) is 0 Å². The first-order valence-electron chi connectivity index (χ1n) is 7.08. The molecule has 1 saturated carbocycles. The monoisotopic (exact) mass is 324 g/mol. The van der Waals surface area contributed by atoms with Gasteiger partial charge >= 0.3 is 0 Å². The van der Waals surface area contributed by atoms with E-state index < -0.39 is 0 Å². The van der Waals surface area contributed by atoms with E-state index in [1.165, 1.54) is 18.4 Å². The topological polar surface area (TPSA) is 24.5 Å². The van der Waals surface area contributed by atoms with Gasteiger partial charge in [0.25, 0.3) is 0 Å². The van der Waals surface area contributed by atoms with Crippen molar-refractivity contribution in [1.82, 2.24) is 10.2 Å². The van der Waals surface area contributed by atoms with Crippen LogP contribution in [0.2, 0.25) is 0 Å². The highest BCUT2D eigenvalue weighted by Gasteiger charge is 2.36. The summed E-state index contributed by atoms with van der Waals surface area (Å²) in [5.41, 5.74) is 1.43. The molecule has 0 bridgehead atoms. The Morgan fingerprint density at radius 2 is 2.05 bits per heavy atom. The fraction of sp³-hybridized carbons (Fsp3) is 0.600. The zero-order valence-corrected chi connectivity index (χ0v) is 12.9. The zero-order chi connectivity index (χ0) is 13.2. The molecule has 3 rings (SSSR count). The Hall–Kier alpha value is -0.580. The molecule has 3 nitrogen and oxygen atoms in total. The quantitative estimate of drug-likeness (QED) is 0.921. The van der Waals surface area contributed by atoms with Gasteiger partial charge in [0.15, 0.2) is 0 Å². The maximum atomic E-state index is 5.33. The first kappa shape index (κ1) is 13.4. The maximum Gasteiger partial charge on any atom is 0.133 e. The molecule has 4 heteroatoms. The van der Waals surface area contributed by atoms with Crippen molar-refractivity contribution in [2.24, 2.45) is 5.92 Å². The second-order valence-corrected chi connectivity index (χ2v) is 6.32. The smallest absolute Gasteiger partial charge is 0.133 e. The Bertz CT molecular complexity index is 442. The van der Waals surface area contributed by atoms with E-state index >= 15 is 0 Å². The van der Waals surface area contributed by atoms with E-state index in [2.05, 4.69) is 44.3 Å². The standard InChI is InChI=1S/C15H21BrN2O/c1-19-14-5-4-12(10-13(14)16)15(11-2-3-11)18-8-6-17-7-9-18/h4-5,10-11,15,17H,2-3,6-9H2,1H3/t15-/m0/s1. The van der Waals surface area contributed by atoms with Crippen LogP contribution in [0.15, 0.2) is 22.7 Å². The molecule has 0 amide bonds. The molecule has 2 fully saturated rings. The predicted octanol–water partition coefficient (Wildman–Crippen LogP) is 2.81. The molecule has 0 aromatic heterocycles. The van der Waals surface area contributed by atoms with Crippen molar-refractivity contribution >= 4 is 15.9 Å². The van der Waals surface area contributed by atoms with E-state index in [4.69, 9.17) is 4.74 Å². The number of methoxy groups -OCH3 is 1. The van der Waals surface area contributed by atoms with Crippen LogP contribution in [0.5, 0.6) is 5.75 Å². The number of halogens is 1. The number of nitrogens with zero attached hydrogens (tertiary/aromatic N) is 1. The van der Waals surface area contributed by atoms with Gasteiger partial charge in [0.05, 0.1) is 11.6 Å². The molecule has 0 spiro atoms. The summed E-state index contributed by atoms with van der Waals surface area (Å²) in [7, 11) is 1.72. The number of piperazine rings is 1. The van der Waals surface area contributed by atoms with Crippen LogP contribution < -0.4 is 10.1 Å². The summed E-state index contributed by atoms with van der Waals surface area (Å²) in [6.07, 6.45) is 2.75. The van der Waals surface area contributed by atoms with Crippen molar-refractivity contribution in [3.8, 4) is 5.75 Å². The van der Waals surface area contributed by atoms with E-state index in [9.17, 15) is 0 Å². The lowest BCUT2D eigenvalue weighted by molar-refractivity contribution is 0.156. The van der Waals surface area contributed by atoms with Gasteiger partial charge < -0.3 is 10.1 Å². The van der Waals surface area contributed by atoms with E-state index in [0.29, 0.717) is 6.04 Å². The molecule has 0 radical (unpaired) electrons. The average molecular weight is 325 g/mol. The van der Waals surface area contributed by atoms with E-state index in [1.54, 1.807) is 7.11 Å². The van der Waals surface area contributed by atoms with Gasteiger partial charge in [0.2, 0.25) is 0 Å². The molecule has 1 aliphatic carbocycles. The van der Waals surface area contributed by atoms with Crippen molar-refractivity contribution in [3.05, 3.63) is 28.2 Å². The van der Waals surface area contributed by atoms with Crippen molar-refractivity contribution < 1.29 is 4.74 Å². The lowest BCUT2D eigenvalue weighted by Gasteiger charge is -2.35. The van der Waals surface area contributed by atoms with Crippen molar-refractivity contribution in [3.63, 3.8) is 0 Å². The maximum absolute atomic E-state index is 5.33. The summed E-state index contributed by atoms with van der Waals surface area (Å²) in [6, 6.07) is 7.14. The lowest BCUT2D eigenvalue weighted by Crippen LogP contribution is -2.45. The van der Waals surface area contributed by atoms with Gasteiger partial charge in [-0.2, -0.15) is 0 Å². The van der Waals surface area contributed by atoms with Crippen LogP contribution in [0.25, 0.3) is 0 Å². The minimum absolute atomic E-state index is 0.587. The number of nitrogens with one attached hydrogen (secondary N) is 1. The van der Waals surface area contributed by atoms with Crippen LogP contribution in [-0.2, 0) is 0 Å². The van der Waals surface area contributed by atoms with Gasteiger partial charge in [-0.05, 0) is 52.4 Å². The van der Waals surface area contributed by atoms with Gasteiger partial charge in [-0.15, -0.1) is 0 Å². The highest BCUT2D eigenvalue weighted by molar-refractivity contribution is 9.10. The first-order chi connectivity index (χ1) is 9.29. The summed E-state index contributed by atoms with van der Waals surface area (Å²) in [6.45, 7) is 4.54. The van der Waals surface area contributed by atoms with Gasteiger partial charge in [-0.25, -0.2) is 0 Å². The lowest BCUT2D eigenvalue weighted by atomic mass is 9.99. The highest BCUT2D eigenvalue weighted by atomic mass is 79.9. The molecule has 1 N–H and O–H groups in total. The number of hydrogen-bond acceptors (Lipinski definition) is 3. The molecule has 1 aromatic rings. The predicted molar refractivity (Wildman–Crippen MR) is 80.6 cm³/mol. The molecule has 2 aliphatic rings. The van der Waals surface area contributed by atoms with E-state index in [0.717, 1.165) is 42.3 Å². The average Bonchev–Trinajstić information content (AvgIpc) is 3.25. The molecule has 104 valence electrons. The summed E-state index contributed by atoms with van der Waals surface area (Å²) in [5, 5.41) is 3.44. The summed E-state index contributed by atoms with van der Waals surface area (Å²) >= 11 is 3.61. The molecule has 19 heavy (non-hydrogen) atoms. The molecule has 1 aromatic carbocycles. The van der Waals surface area contributed by atoms with E-state index in [1.807, 2.05) is 0 Å². The number of rotatable bonds is 4. The number of hydrogen-bond donors (Lipinski definition) is 1. The summed E-state index contributed by atoms with van der Waals surface area (Å²) in [4.78, 5) is 2.64. The van der Waals surface area contributed by atoms with Crippen molar-refractivity contribution in [2.45, 2.75) is 18.9 Å². The normalized spacial score (nSPS) is 22.2. The van der Waals surface area contributed by atoms with Crippen LogP contribution in [0.1, 0.15) is 24.4 Å². The summed E-state index contributed by atoms with van der Waals surface area (Å²) < 4.78 is 6.39. The molecular formula is C15H21BrN2O. The van der Waals surface area contributed by atoms with Crippen LogP contribution in [-0.4, -0.2) is 38.2 Å². The fourth-order valence-corrected chi connectivity index (χ4v) is 3.58. The first-order valence-corrected chi connectivity index (χ1v) is 7.87. The second kappa shape index (κ2) is 5.81. The summed E-state index contributed by atoms with van der Waals surface area (Å²) in [5.74, 6) is 1.76. The highest BCUT2D eigenvalue weighted by Crippen LogP contribution is 2.45. The fourth-order valence-electron chi connectivity index (χ4n) is 3.02. The molecule has 1 heterocycles. The zero-order valence-electron chi connectivity index (χ0n) is 11.4. The van der Waals surface area contributed by atoms with Crippen LogP contribution in [0, 0.1) is 5.92 Å².